The number of nitrogens with two attached hydrogens (primary N) is 1. The number of nitrogens with zero attached hydrogens (tertiary/aromatic N) is 1. The van der Waals surface area contributed by atoms with E-state index in [0.29, 0.717) is 18.5 Å². The molecule has 0 fully saturated rings. The quantitative estimate of drug-likeness (QED) is 0.659. The van der Waals surface area contributed by atoms with Crippen molar-refractivity contribution < 1.29 is 5.11 Å². The Bertz CT molecular complexity index is 306. The Labute approximate surface area is 84.2 Å². The summed E-state index contributed by atoms with van der Waals surface area (Å²) in [6, 6.07) is 0.358. The predicted octanol–water partition coefficient (Wildman–Crippen LogP) is 0.246. The number of hydrogen-bond acceptors (Lipinski definition) is 3. The molecule has 1 aliphatic carbocycles. The van der Waals surface area contributed by atoms with Crippen molar-refractivity contribution in [3.05, 3.63) is 36.1 Å². The van der Waals surface area contributed by atoms with Gasteiger partial charge in [-0.2, -0.15) is 0 Å². The van der Waals surface area contributed by atoms with Gasteiger partial charge in [0.2, 0.25) is 0 Å². The molecule has 2 aliphatic rings. The average Bonchev–Trinajstić information content (AvgIpc) is 2.59. The maximum atomic E-state index is 9.74. The minimum Gasteiger partial charge on any atom is -0.387 e. The van der Waals surface area contributed by atoms with Crippen LogP contribution in [0.2, 0.25) is 0 Å². The Kier molecular flexibility index (Phi) is 2.44. The highest BCUT2D eigenvalue weighted by molar-refractivity contribution is 5.34. The van der Waals surface area contributed by atoms with Gasteiger partial charge in [0, 0.05) is 19.5 Å². The normalized spacial score (nSPS) is 31.6. The Morgan fingerprint density at radius 3 is 3.07 bits per heavy atom. The van der Waals surface area contributed by atoms with Gasteiger partial charge in [-0.05, 0) is 11.8 Å². The largest absolute Gasteiger partial charge is 0.387 e. The number of aliphatic hydroxyl groups excluding tert-OH is 1. The van der Waals surface area contributed by atoms with Crippen LogP contribution in [0.25, 0.3) is 0 Å². The van der Waals surface area contributed by atoms with Gasteiger partial charge < -0.3 is 15.7 Å². The van der Waals surface area contributed by atoms with Crippen LogP contribution in [0.1, 0.15) is 0 Å². The number of likely N-dealkylation sites (N-methyl/N-ethyl adjacent to an activating group) is 1. The summed E-state index contributed by atoms with van der Waals surface area (Å²) in [4.78, 5) is 2.15. The molecule has 0 amide bonds. The van der Waals surface area contributed by atoms with Crippen molar-refractivity contribution in [2.45, 2.75) is 12.1 Å². The highest BCUT2D eigenvalue weighted by Crippen LogP contribution is 2.32. The third-order valence-electron chi connectivity index (χ3n) is 2.96. The minimum atomic E-state index is -0.511. The molecule has 0 radical (unpaired) electrons. The van der Waals surface area contributed by atoms with Crippen LogP contribution < -0.4 is 5.73 Å². The van der Waals surface area contributed by atoms with E-state index in [9.17, 15) is 5.11 Å². The monoisotopic (exact) mass is 192 g/mol. The number of allylic oxidation sites excluding steroid dienone is 2. The summed E-state index contributed by atoms with van der Waals surface area (Å²) in [6.45, 7) is 0.292. The van der Waals surface area contributed by atoms with E-state index in [4.69, 9.17) is 5.73 Å². The lowest BCUT2D eigenvalue weighted by molar-refractivity contribution is 0.201. The molecule has 76 valence electrons. The first-order valence-corrected chi connectivity index (χ1v) is 4.90. The smallest absolute Gasteiger partial charge is 0.0882 e. The number of hydrogen-bond donors (Lipinski definition) is 2. The minimum absolute atomic E-state index is 0.292. The SMILES string of the molecule is CN1C=CC2C(C(O)CN)=CC=CC21. The van der Waals surface area contributed by atoms with Crippen molar-refractivity contribution in [3.8, 4) is 0 Å². The molecule has 14 heavy (non-hydrogen) atoms. The van der Waals surface area contributed by atoms with Gasteiger partial charge in [0.25, 0.3) is 0 Å². The molecule has 3 N–H and O–H groups in total. The maximum Gasteiger partial charge on any atom is 0.0882 e. The molecule has 3 unspecified atom stereocenters. The first-order chi connectivity index (χ1) is 6.74. The van der Waals surface area contributed by atoms with Crippen molar-refractivity contribution in [2.24, 2.45) is 11.7 Å². The zero-order valence-electron chi connectivity index (χ0n) is 8.30. The molecule has 3 atom stereocenters. The van der Waals surface area contributed by atoms with Crippen LogP contribution >= 0.6 is 0 Å². The standard InChI is InChI=1S/C11H16N2O/c1-13-6-5-8-9(11(14)7-12)3-2-4-10(8)13/h2-6,8,10-11,14H,7,12H2,1H3. The van der Waals surface area contributed by atoms with Crippen molar-refractivity contribution in [1.82, 2.24) is 4.90 Å². The predicted molar refractivity (Wildman–Crippen MR) is 56.5 cm³/mol. The number of aliphatic hydroxyl groups is 1. The second-order valence-electron chi connectivity index (χ2n) is 3.83. The summed E-state index contributed by atoms with van der Waals surface area (Å²) in [7, 11) is 2.04. The van der Waals surface area contributed by atoms with Crippen LogP contribution in [0.4, 0.5) is 0 Å². The van der Waals surface area contributed by atoms with Crippen LogP contribution in [-0.2, 0) is 0 Å². The molecule has 0 spiro atoms. The van der Waals surface area contributed by atoms with Crippen molar-refractivity contribution in [3.63, 3.8) is 0 Å². The van der Waals surface area contributed by atoms with Gasteiger partial charge in [0.15, 0.2) is 0 Å². The van der Waals surface area contributed by atoms with Crippen molar-refractivity contribution >= 4 is 0 Å². The molecule has 1 heterocycles. The summed E-state index contributed by atoms with van der Waals surface area (Å²) in [6.07, 6.45) is 9.79. The molecule has 0 bridgehead atoms. The molecule has 0 aromatic carbocycles. The van der Waals surface area contributed by atoms with Gasteiger partial charge in [-0.15, -0.1) is 0 Å². The maximum absolute atomic E-state index is 9.74. The fourth-order valence-electron chi connectivity index (χ4n) is 2.12. The Morgan fingerprint density at radius 2 is 2.36 bits per heavy atom. The summed E-state index contributed by atoms with van der Waals surface area (Å²) in [5.41, 5.74) is 6.50. The lowest BCUT2D eigenvalue weighted by atomic mass is 9.85. The molecule has 2 rings (SSSR count). The molecule has 3 nitrogen and oxygen atoms in total. The van der Waals surface area contributed by atoms with Crippen LogP contribution in [0.3, 0.4) is 0 Å². The Hall–Kier alpha value is -1.06. The number of fused-ring (bicyclic) bond motifs is 1. The average molecular weight is 192 g/mol. The summed E-state index contributed by atoms with van der Waals surface area (Å²) >= 11 is 0. The van der Waals surface area contributed by atoms with E-state index in [1.54, 1.807) is 0 Å². The number of rotatable bonds is 2. The van der Waals surface area contributed by atoms with E-state index < -0.39 is 6.10 Å². The fourth-order valence-corrected chi connectivity index (χ4v) is 2.12. The summed E-state index contributed by atoms with van der Waals surface area (Å²) in [5, 5.41) is 9.74. The second-order valence-corrected chi connectivity index (χ2v) is 3.83. The molecule has 3 heteroatoms. The molecular weight excluding hydrogens is 176 g/mol. The van der Waals surface area contributed by atoms with E-state index in [-0.39, 0.29) is 0 Å². The third-order valence-corrected chi connectivity index (χ3v) is 2.96. The van der Waals surface area contributed by atoms with E-state index in [2.05, 4.69) is 23.3 Å². The van der Waals surface area contributed by atoms with Gasteiger partial charge >= 0.3 is 0 Å². The molecule has 1 aliphatic heterocycles. The lowest BCUT2D eigenvalue weighted by Crippen LogP contribution is -2.35. The zero-order chi connectivity index (χ0) is 10.1. The van der Waals surface area contributed by atoms with Gasteiger partial charge in [-0.25, -0.2) is 0 Å². The van der Waals surface area contributed by atoms with E-state index in [1.165, 1.54) is 0 Å². The van der Waals surface area contributed by atoms with E-state index >= 15 is 0 Å². The van der Waals surface area contributed by atoms with Crippen LogP contribution in [0.15, 0.2) is 36.1 Å². The van der Waals surface area contributed by atoms with Gasteiger partial charge in [0.1, 0.15) is 0 Å². The van der Waals surface area contributed by atoms with Gasteiger partial charge in [0.05, 0.1) is 12.1 Å². The van der Waals surface area contributed by atoms with Crippen molar-refractivity contribution in [1.29, 1.82) is 0 Å². The van der Waals surface area contributed by atoms with Crippen LogP contribution in [-0.4, -0.2) is 35.7 Å². The molecule has 0 saturated carbocycles. The van der Waals surface area contributed by atoms with Gasteiger partial charge in [-0.3, -0.25) is 0 Å². The second kappa shape index (κ2) is 3.59. The highest BCUT2D eigenvalue weighted by Gasteiger charge is 2.31. The van der Waals surface area contributed by atoms with E-state index in [1.807, 2.05) is 19.2 Å². The lowest BCUT2D eigenvalue weighted by Gasteiger charge is -2.29. The van der Waals surface area contributed by atoms with Crippen LogP contribution in [0, 0.1) is 5.92 Å². The Balaban J connectivity index is 2.23. The van der Waals surface area contributed by atoms with Crippen molar-refractivity contribution in [2.75, 3.05) is 13.6 Å². The summed E-state index contributed by atoms with van der Waals surface area (Å²) < 4.78 is 0. The first-order valence-electron chi connectivity index (χ1n) is 4.90. The molecule has 0 aromatic rings. The zero-order valence-corrected chi connectivity index (χ0v) is 8.30. The van der Waals surface area contributed by atoms with Gasteiger partial charge in [-0.1, -0.05) is 24.3 Å². The van der Waals surface area contributed by atoms with Crippen LogP contribution in [0.5, 0.6) is 0 Å². The first kappa shape index (κ1) is 9.49. The Morgan fingerprint density at radius 1 is 1.57 bits per heavy atom. The highest BCUT2D eigenvalue weighted by atomic mass is 16.3. The molecular formula is C11H16N2O. The summed E-state index contributed by atoms with van der Waals surface area (Å²) in [5.74, 6) is 0.295. The molecule has 0 saturated heterocycles. The third kappa shape index (κ3) is 1.38. The topological polar surface area (TPSA) is 49.5 Å². The molecule has 0 aromatic heterocycles. The van der Waals surface area contributed by atoms with E-state index in [0.717, 1.165) is 5.57 Å². The fraction of sp³-hybridized carbons (Fsp3) is 0.455.